The van der Waals surface area contributed by atoms with Crippen LogP contribution in [0.5, 0.6) is 0 Å². The number of nitrogens with zero attached hydrogens (tertiary/aromatic N) is 1. The van der Waals surface area contributed by atoms with E-state index in [-0.39, 0.29) is 37.2 Å². The van der Waals surface area contributed by atoms with E-state index in [1.807, 2.05) is 0 Å². The number of aryl methyl sites for hydroxylation is 2. The summed E-state index contributed by atoms with van der Waals surface area (Å²) >= 11 is 0. The van der Waals surface area contributed by atoms with Gasteiger partial charge in [-0.1, -0.05) is 12.1 Å². The van der Waals surface area contributed by atoms with E-state index in [1.165, 1.54) is 17.0 Å². The molecule has 4 rings (SSSR count). The molecule has 2 aromatic carbocycles. The van der Waals surface area contributed by atoms with E-state index in [9.17, 15) is 23.6 Å². The van der Waals surface area contributed by atoms with Gasteiger partial charge in [-0.15, -0.1) is 0 Å². The number of fused-ring (bicyclic) bond motifs is 1. The zero-order valence-electron chi connectivity index (χ0n) is 17.7. The van der Waals surface area contributed by atoms with E-state index in [0.717, 1.165) is 5.56 Å². The molecule has 2 aromatic rings. The number of nitrogens with one attached hydrogen (secondary N) is 2. The van der Waals surface area contributed by atoms with Gasteiger partial charge in [0.1, 0.15) is 18.5 Å². The number of anilines is 1. The highest BCUT2D eigenvalue weighted by Gasteiger charge is 2.39. The molecule has 4 amide bonds. The van der Waals surface area contributed by atoms with Crippen LogP contribution in [0.25, 0.3) is 0 Å². The Morgan fingerprint density at radius 2 is 1.91 bits per heavy atom. The van der Waals surface area contributed by atoms with Crippen molar-refractivity contribution in [2.45, 2.75) is 45.9 Å². The molecule has 166 valence electrons. The fourth-order valence-corrected chi connectivity index (χ4v) is 4.01. The molecular formula is C23H22FN3O5. The number of hydrogen-bond donors (Lipinski definition) is 2. The van der Waals surface area contributed by atoms with E-state index < -0.39 is 18.0 Å². The number of amides is 4. The normalized spacial score (nSPS) is 17.8. The summed E-state index contributed by atoms with van der Waals surface area (Å²) in [5, 5.41) is 4.84. The smallest absolute Gasteiger partial charge is 0.411 e. The number of rotatable bonds is 4. The van der Waals surface area contributed by atoms with E-state index in [1.54, 1.807) is 32.0 Å². The Kier molecular flexibility index (Phi) is 5.65. The third kappa shape index (κ3) is 4.18. The van der Waals surface area contributed by atoms with Gasteiger partial charge in [-0.05, 0) is 60.7 Å². The molecule has 2 N–H and O–H groups in total. The maximum Gasteiger partial charge on any atom is 0.411 e. The summed E-state index contributed by atoms with van der Waals surface area (Å²) in [6.45, 7) is 3.44. The first kappa shape index (κ1) is 21.5. The van der Waals surface area contributed by atoms with Crippen LogP contribution < -0.4 is 10.6 Å². The molecule has 2 aliphatic heterocycles. The average Bonchev–Trinajstić information content (AvgIpc) is 3.06. The molecule has 0 saturated carbocycles. The van der Waals surface area contributed by atoms with Crippen LogP contribution in [0.3, 0.4) is 0 Å². The molecule has 8 nitrogen and oxygen atoms in total. The van der Waals surface area contributed by atoms with Crippen molar-refractivity contribution in [1.29, 1.82) is 0 Å². The summed E-state index contributed by atoms with van der Waals surface area (Å²) in [5.41, 5.74) is 3.08. The van der Waals surface area contributed by atoms with Crippen LogP contribution in [0.4, 0.5) is 14.9 Å². The fourth-order valence-electron chi connectivity index (χ4n) is 4.01. The van der Waals surface area contributed by atoms with Gasteiger partial charge in [0, 0.05) is 24.2 Å². The molecule has 0 aromatic heterocycles. The summed E-state index contributed by atoms with van der Waals surface area (Å²) in [6.07, 6.45) is -0.215. The van der Waals surface area contributed by atoms with Crippen LogP contribution in [0.15, 0.2) is 30.3 Å². The van der Waals surface area contributed by atoms with Gasteiger partial charge < -0.3 is 9.64 Å². The summed E-state index contributed by atoms with van der Waals surface area (Å²) < 4.78 is 19.0. The summed E-state index contributed by atoms with van der Waals surface area (Å²) in [7, 11) is 0. The first-order valence-electron chi connectivity index (χ1n) is 10.2. The number of imide groups is 1. The van der Waals surface area contributed by atoms with Crippen molar-refractivity contribution in [2.24, 2.45) is 0 Å². The zero-order chi connectivity index (χ0) is 23.0. The highest BCUT2D eigenvalue weighted by atomic mass is 19.1. The Morgan fingerprint density at radius 3 is 2.59 bits per heavy atom. The van der Waals surface area contributed by atoms with Gasteiger partial charge in [0.05, 0.1) is 0 Å². The molecule has 1 saturated heterocycles. The first-order chi connectivity index (χ1) is 15.2. The minimum absolute atomic E-state index is 0.0655. The topological polar surface area (TPSA) is 105 Å². The molecule has 1 atom stereocenters. The Hall–Kier alpha value is -3.75. The molecular weight excluding hydrogens is 417 g/mol. The van der Waals surface area contributed by atoms with Crippen LogP contribution in [-0.2, 0) is 27.5 Å². The van der Waals surface area contributed by atoms with Crippen LogP contribution in [0, 0.1) is 19.7 Å². The lowest BCUT2D eigenvalue weighted by molar-refractivity contribution is -0.136. The minimum Gasteiger partial charge on any atom is -0.444 e. The van der Waals surface area contributed by atoms with Crippen molar-refractivity contribution in [3.05, 3.63) is 64.0 Å². The van der Waals surface area contributed by atoms with Crippen LogP contribution in [-0.4, -0.2) is 34.8 Å². The molecule has 1 unspecified atom stereocenters. The monoisotopic (exact) mass is 439 g/mol. The summed E-state index contributed by atoms with van der Waals surface area (Å²) in [5.74, 6) is -1.41. The molecule has 0 aliphatic carbocycles. The van der Waals surface area contributed by atoms with Crippen molar-refractivity contribution in [1.82, 2.24) is 10.2 Å². The predicted octanol–water partition coefficient (Wildman–Crippen LogP) is 2.95. The van der Waals surface area contributed by atoms with Crippen molar-refractivity contribution in [2.75, 3.05) is 5.32 Å². The molecule has 0 bridgehead atoms. The van der Waals surface area contributed by atoms with Crippen molar-refractivity contribution in [3.8, 4) is 0 Å². The number of benzene rings is 2. The zero-order valence-corrected chi connectivity index (χ0v) is 17.7. The lowest BCUT2D eigenvalue weighted by atomic mass is 10.0. The fraction of sp³-hybridized carbons (Fsp3) is 0.304. The maximum absolute atomic E-state index is 13.7. The van der Waals surface area contributed by atoms with E-state index in [4.69, 9.17) is 4.74 Å². The second-order valence-electron chi connectivity index (χ2n) is 8.02. The largest absolute Gasteiger partial charge is 0.444 e. The lowest BCUT2D eigenvalue weighted by Crippen LogP contribution is -2.52. The Labute approximate surface area is 183 Å². The Bertz CT molecular complexity index is 1120. The maximum atomic E-state index is 13.7. The van der Waals surface area contributed by atoms with Gasteiger partial charge in [0.25, 0.3) is 5.91 Å². The molecule has 0 radical (unpaired) electrons. The molecule has 2 heterocycles. The number of carbonyl (C=O) groups excluding carboxylic acids is 4. The van der Waals surface area contributed by atoms with E-state index in [2.05, 4.69) is 10.6 Å². The number of piperidine rings is 1. The number of hydrogen-bond acceptors (Lipinski definition) is 5. The number of ether oxygens (including phenoxy) is 1. The van der Waals surface area contributed by atoms with Crippen molar-refractivity contribution >= 4 is 29.5 Å². The standard InChI is InChI=1S/C23H22FN3O5/c1-12-7-16(8-13(2)20(12)24)25-23(31)32-11-14-3-4-15-10-27(22(30)17(15)9-14)18-5-6-19(28)26-21(18)29/h3-4,7-9,18H,5-6,10-11H2,1-2H3,(H,25,31)(H,26,28,29). The molecule has 1 fully saturated rings. The predicted molar refractivity (Wildman–Crippen MR) is 112 cm³/mol. The first-order valence-corrected chi connectivity index (χ1v) is 10.2. The molecule has 32 heavy (non-hydrogen) atoms. The van der Waals surface area contributed by atoms with E-state index >= 15 is 0 Å². The lowest BCUT2D eigenvalue weighted by Gasteiger charge is -2.29. The molecule has 0 spiro atoms. The average molecular weight is 439 g/mol. The third-order valence-corrected chi connectivity index (χ3v) is 5.65. The number of halogens is 1. The Balaban J connectivity index is 1.39. The van der Waals surface area contributed by atoms with E-state index in [0.29, 0.717) is 34.4 Å². The van der Waals surface area contributed by atoms with Gasteiger partial charge in [-0.3, -0.25) is 25.0 Å². The third-order valence-electron chi connectivity index (χ3n) is 5.65. The van der Waals surface area contributed by atoms with Crippen molar-refractivity contribution < 1.29 is 28.3 Å². The van der Waals surface area contributed by atoms with Gasteiger partial charge in [-0.2, -0.15) is 0 Å². The number of carbonyl (C=O) groups is 4. The van der Waals surface area contributed by atoms with Crippen LogP contribution in [0.2, 0.25) is 0 Å². The molecule has 2 aliphatic rings. The summed E-state index contributed by atoms with van der Waals surface area (Å²) in [4.78, 5) is 50.0. The van der Waals surface area contributed by atoms with Gasteiger partial charge in [-0.25, -0.2) is 9.18 Å². The van der Waals surface area contributed by atoms with Gasteiger partial charge >= 0.3 is 6.09 Å². The van der Waals surface area contributed by atoms with Crippen molar-refractivity contribution in [3.63, 3.8) is 0 Å². The van der Waals surface area contributed by atoms with Crippen LogP contribution >= 0.6 is 0 Å². The summed E-state index contributed by atoms with van der Waals surface area (Å²) in [6, 6.07) is 7.51. The Morgan fingerprint density at radius 1 is 1.19 bits per heavy atom. The minimum atomic E-state index is -0.701. The second kappa shape index (κ2) is 8.41. The highest BCUT2D eigenvalue weighted by Crippen LogP contribution is 2.28. The quantitative estimate of drug-likeness (QED) is 0.713. The van der Waals surface area contributed by atoms with Crippen LogP contribution in [0.1, 0.15) is 45.5 Å². The molecule has 9 heteroatoms. The SMILES string of the molecule is Cc1cc(NC(=O)OCc2ccc3c(c2)C(=O)N(C2CCC(=O)NC2=O)C3)cc(C)c1F. The highest BCUT2D eigenvalue weighted by molar-refractivity contribution is 6.05. The van der Waals surface area contributed by atoms with Gasteiger partial charge in [0.2, 0.25) is 11.8 Å². The second-order valence-corrected chi connectivity index (χ2v) is 8.02. The van der Waals surface area contributed by atoms with Gasteiger partial charge in [0.15, 0.2) is 0 Å².